The van der Waals surface area contributed by atoms with Gasteiger partial charge in [0.15, 0.2) is 0 Å². The average Bonchev–Trinajstić information content (AvgIpc) is 2.98. The molecule has 0 aliphatic heterocycles. The van der Waals surface area contributed by atoms with Crippen molar-refractivity contribution in [2.75, 3.05) is 17.6 Å². The Morgan fingerprint density at radius 2 is 2.32 bits per heavy atom. The molecule has 0 spiro atoms. The largest absolute Gasteiger partial charge is 0.397 e. The van der Waals surface area contributed by atoms with Gasteiger partial charge >= 0.3 is 0 Å². The van der Waals surface area contributed by atoms with Crippen LogP contribution in [0.1, 0.15) is 10.7 Å². The van der Waals surface area contributed by atoms with Crippen LogP contribution >= 0.6 is 11.3 Å². The lowest BCUT2D eigenvalue weighted by Crippen LogP contribution is -2.06. The Kier molecular flexibility index (Phi) is 3.08. The molecule has 0 aliphatic carbocycles. The fraction of sp³-hybridized carbons (Fsp3) is 0.231. The molecular weight excluding hydrogens is 258 g/mol. The van der Waals surface area contributed by atoms with E-state index in [1.165, 1.54) is 0 Å². The molecule has 0 atom stereocenters. The van der Waals surface area contributed by atoms with Gasteiger partial charge < -0.3 is 11.1 Å². The maximum Gasteiger partial charge on any atom is 0.0945 e. The molecule has 0 unspecified atom stereocenters. The van der Waals surface area contributed by atoms with Gasteiger partial charge in [-0.3, -0.25) is 5.10 Å². The van der Waals surface area contributed by atoms with Gasteiger partial charge in [-0.2, -0.15) is 5.10 Å². The van der Waals surface area contributed by atoms with Gasteiger partial charge in [0.1, 0.15) is 0 Å². The predicted octanol–water partition coefficient (Wildman–Crippen LogP) is 2.56. The van der Waals surface area contributed by atoms with Crippen molar-refractivity contribution >= 4 is 33.6 Å². The highest BCUT2D eigenvalue weighted by Crippen LogP contribution is 2.24. The molecule has 4 N–H and O–H groups in total. The number of fused-ring (bicyclic) bond motifs is 1. The van der Waals surface area contributed by atoms with Crippen LogP contribution in [0.25, 0.3) is 10.9 Å². The summed E-state index contributed by atoms with van der Waals surface area (Å²) in [6, 6.07) is 3.92. The van der Waals surface area contributed by atoms with Crippen molar-refractivity contribution < 1.29 is 0 Å². The van der Waals surface area contributed by atoms with E-state index in [2.05, 4.69) is 25.9 Å². The number of nitrogens with zero attached hydrogens (tertiary/aromatic N) is 2. The van der Waals surface area contributed by atoms with Gasteiger partial charge in [-0.15, -0.1) is 11.3 Å². The lowest BCUT2D eigenvalue weighted by Gasteiger charge is -2.08. The highest BCUT2D eigenvalue weighted by atomic mass is 32.1. The molecule has 2 heterocycles. The van der Waals surface area contributed by atoms with Gasteiger partial charge in [-0.25, -0.2) is 4.98 Å². The van der Waals surface area contributed by atoms with Crippen molar-refractivity contribution in [2.45, 2.75) is 13.3 Å². The molecule has 3 rings (SSSR count). The number of aromatic nitrogens is 3. The molecule has 19 heavy (non-hydrogen) atoms. The normalized spacial score (nSPS) is 11.0. The molecule has 0 amide bonds. The number of nitrogens with one attached hydrogen (secondary N) is 2. The molecule has 3 aromatic rings. The molecule has 0 bridgehead atoms. The Morgan fingerprint density at radius 1 is 1.42 bits per heavy atom. The average molecular weight is 273 g/mol. The van der Waals surface area contributed by atoms with Crippen LogP contribution in [0.4, 0.5) is 11.4 Å². The number of aryl methyl sites for hydroxylation is 1. The van der Waals surface area contributed by atoms with Crippen molar-refractivity contribution in [1.29, 1.82) is 0 Å². The molecule has 0 radical (unpaired) electrons. The molecule has 2 aromatic heterocycles. The second kappa shape index (κ2) is 4.89. The van der Waals surface area contributed by atoms with Crippen molar-refractivity contribution in [3.63, 3.8) is 0 Å². The topological polar surface area (TPSA) is 79.6 Å². The zero-order valence-electron chi connectivity index (χ0n) is 10.6. The summed E-state index contributed by atoms with van der Waals surface area (Å²) < 4.78 is 0. The molecule has 0 saturated carbocycles. The van der Waals surface area contributed by atoms with Crippen LogP contribution in [-0.4, -0.2) is 21.7 Å². The van der Waals surface area contributed by atoms with E-state index in [1.54, 1.807) is 17.5 Å². The summed E-state index contributed by atoms with van der Waals surface area (Å²) in [5.74, 6) is 0. The monoisotopic (exact) mass is 273 g/mol. The molecule has 0 saturated heterocycles. The third-order valence-corrected chi connectivity index (χ3v) is 3.96. The molecule has 6 heteroatoms. The number of benzene rings is 1. The van der Waals surface area contributed by atoms with Crippen LogP contribution in [-0.2, 0) is 6.42 Å². The number of nitrogens with two attached hydrogens (primary N) is 1. The molecular formula is C13H15N5S. The van der Waals surface area contributed by atoms with Crippen molar-refractivity contribution in [2.24, 2.45) is 0 Å². The summed E-state index contributed by atoms with van der Waals surface area (Å²) in [4.78, 5) is 4.44. The highest BCUT2D eigenvalue weighted by Gasteiger charge is 2.04. The summed E-state index contributed by atoms with van der Waals surface area (Å²) in [6.45, 7) is 2.83. The van der Waals surface area contributed by atoms with E-state index in [0.29, 0.717) is 0 Å². The number of anilines is 2. The van der Waals surface area contributed by atoms with Crippen molar-refractivity contribution in [1.82, 2.24) is 15.2 Å². The van der Waals surface area contributed by atoms with E-state index in [4.69, 9.17) is 5.73 Å². The molecule has 0 fully saturated rings. The second-order valence-electron chi connectivity index (χ2n) is 4.46. The summed E-state index contributed by atoms with van der Waals surface area (Å²) >= 11 is 1.69. The second-order valence-corrected chi connectivity index (χ2v) is 5.40. The van der Waals surface area contributed by atoms with Crippen LogP contribution in [0.3, 0.4) is 0 Å². The number of hydrogen-bond donors (Lipinski definition) is 3. The van der Waals surface area contributed by atoms with Crippen LogP contribution in [0.5, 0.6) is 0 Å². The van der Waals surface area contributed by atoms with Crippen LogP contribution in [0.15, 0.2) is 23.7 Å². The summed E-state index contributed by atoms with van der Waals surface area (Å²) in [7, 11) is 0. The Balaban J connectivity index is 1.69. The van der Waals surface area contributed by atoms with Gasteiger partial charge in [0.25, 0.3) is 0 Å². The van der Waals surface area contributed by atoms with E-state index in [1.807, 2.05) is 19.1 Å². The first-order valence-corrected chi connectivity index (χ1v) is 6.98. The number of thiazole rings is 1. The smallest absolute Gasteiger partial charge is 0.0945 e. The molecule has 0 aliphatic rings. The van der Waals surface area contributed by atoms with Crippen molar-refractivity contribution in [3.8, 4) is 0 Å². The van der Waals surface area contributed by atoms with Crippen LogP contribution in [0, 0.1) is 6.92 Å². The van der Waals surface area contributed by atoms with E-state index < -0.39 is 0 Å². The minimum Gasteiger partial charge on any atom is -0.397 e. The third kappa shape index (κ3) is 2.53. The molecule has 1 aromatic carbocycles. The van der Waals surface area contributed by atoms with Gasteiger partial charge in [0.2, 0.25) is 0 Å². The van der Waals surface area contributed by atoms with Gasteiger partial charge in [0.05, 0.1) is 28.1 Å². The van der Waals surface area contributed by atoms with E-state index in [-0.39, 0.29) is 0 Å². The maximum atomic E-state index is 6.01. The number of aromatic amines is 1. The Bertz CT molecular complexity index is 700. The zero-order chi connectivity index (χ0) is 13.2. The molecule has 5 nitrogen and oxygen atoms in total. The Hall–Kier alpha value is -2.08. The number of hydrogen-bond acceptors (Lipinski definition) is 5. The Morgan fingerprint density at radius 3 is 3.11 bits per heavy atom. The number of rotatable bonds is 4. The van der Waals surface area contributed by atoms with Crippen LogP contribution in [0.2, 0.25) is 0 Å². The van der Waals surface area contributed by atoms with Gasteiger partial charge in [0, 0.05) is 29.4 Å². The van der Waals surface area contributed by atoms with Gasteiger partial charge in [-0.05, 0) is 19.1 Å². The predicted molar refractivity (Wildman–Crippen MR) is 79.6 cm³/mol. The minimum atomic E-state index is 0.740. The number of H-pyrrole nitrogens is 1. The molecule has 98 valence electrons. The van der Waals surface area contributed by atoms with Gasteiger partial charge in [-0.1, -0.05) is 0 Å². The first-order chi connectivity index (χ1) is 9.22. The quantitative estimate of drug-likeness (QED) is 0.638. The fourth-order valence-electron chi connectivity index (χ4n) is 1.98. The summed E-state index contributed by atoms with van der Waals surface area (Å²) in [5, 5.41) is 14.5. The third-order valence-electron chi connectivity index (χ3n) is 2.93. The zero-order valence-corrected chi connectivity index (χ0v) is 11.4. The SMILES string of the molecule is Cc1csc(CCNc2cc3[nH]ncc3cc2N)n1. The van der Waals surface area contributed by atoms with E-state index >= 15 is 0 Å². The summed E-state index contributed by atoms with van der Waals surface area (Å²) in [5.41, 5.74) is 9.76. The lowest BCUT2D eigenvalue weighted by atomic mass is 10.2. The highest BCUT2D eigenvalue weighted by molar-refractivity contribution is 7.09. The summed E-state index contributed by atoms with van der Waals surface area (Å²) in [6.07, 6.45) is 2.67. The van der Waals surface area contributed by atoms with Crippen LogP contribution < -0.4 is 11.1 Å². The van der Waals surface area contributed by atoms with Crippen molar-refractivity contribution in [3.05, 3.63) is 34.4 Å². The number of nitrogen functional groups attached to an aromatic ring is 1. The standard InChI is InChI=1S/C13H15N5S/c1-8-7-19-13(17-8)2-3-15-12-5-11-9(4-10(12)14)6-16-18-11/h4-7,15H,2-3,14H2,1H3,(H,16,18). The fourth-order valence-corrected chi connectivity index (χ4v) is 2.76. The first-order valence-electron chi connectivity index (χ1n) is 6.10. The lowest BCUT2D eigenvalue weighted by molar-refractivity contribution is 0.987. The minimum absolute atomic E-state index is 0.740. The first kappa shape index (κ1) is 12.0. The maximum absolute atomic E-state index is 6.01. The van der Waals surface area contributed by atoms with E-state index in [9.17, 15) is 0 Å². The Labute approximate surface area is 114 Å². The van der Waals surface area contributed by atoms with E-state index in [0.717, 1.165) is 45.9 Å².